The minimum absolute atomic E-state index is 0.203. The summed E-state index contributed by atoms with van der Waals surface area (Å²) < 4.78 is 6.79. The van der Waals surface area contributed by atoms with Gasteiger partial charge in [0.15, 0.2) is 0 Å². The van der Waals surface area contributed by atoms with E-state index in [0.717, 1.165) is 16.7 Å². The third-order valence-corrected chi connectivity index (χ3v) is 4.20. The predicted molar refractivity (Wildman–Crippen MR) is 99.8 cm³/mol. The quantitative estimate of drug-likeness (QED) is 0.678. The Morgan fingerprint density at radius 3 is 2.68 bits per heavy atom. The van der Waals surface area contributed by atoms with Gasteiger partial charge in [0.05, 0.1) is 7.11 Å². The number of fused-ring (bicyclic) bond motifs is 1. The summed E-state index contributed by atoms with van der Waals surface area (Å²) in [5.41, 5.74) is 2.84. The first-order valence-electron chi connectivity index (χ1n) is 7.93. The van der Waals surface area contributed by atoms with Crippen LogP contribution in [0.2, 0.25) is 0 Å². The first kappa shape index (κ1) is 16.5. The molecule has 0 spiro atoms. The van der Waals surface area contributed by atoms with Crippen molar-refractivity contribution in [1.29, 1.82) is 5.26 Å². The largest absolute Gasteiger partial charge is 0.497 e. The SMILES string of the molecule is C=CCn1c(C#N)c(-c2cccc(C)c2)c2cc(OC)ccc2c1=O. The van der Waals surface area contributed by atoms with E-state index in [0.29, 0.717) is 22.2 Å². The number of pyridine rings is 1. The third kappa shape index (κ3) is 2.81. The Morgan fingerprint density at radius 1 is 1.24 bits per heavy atom. The van der Waals surface area contributed by atoms with Crippen molar-refractivity contribution in [2.24, 2.45) is 0 Å². The molecule has 0 amide bonds. The molecule has 0 bridgehead atoms. The molecular weight excluding hydrogens is 312 g/mol. The molecule has 0 N–H and O–H groups in total. The van der Waals surface area contributed by atoms with Gasteiger partial charge < -0.3 is 4.74 Å². The summed E-state index contributed by atoms with van der Waals surface area (Å²) in [6.07, 6.45) is 1.62. The molecular formula is C21H18N2O2. The van der Waals surface area contributed by atoms with E-state index >= 15 is 0 Å². The van der Waals surface area contributed by atoms with Crippen molar-refractivity contribution in [2.75, 3.05) is 7.11 Å². The van der Waals surface area contributed by atoms with Crippen LogP contribution in [0.4, 0.5) is 0 Å². The molecule has 3 aromatic rings. The van der Waals surface area contributed by atoms with Crippen LogP contribution in [-0.4, -0.2) is 11.7 Å². The maximum absolute atomic E-state index is 12.9. The second kappa shape index (κ2) is 6.66. The van der Waals surface area contributed by atoms with Crippen molar-refractivity contribution >= 4 is 10.8 Å². The second-order valence-corrected chi connectivity index (χ2v) is 5.82. The van der Waals surface area contributed by atoms with Gasteiger partial charge in [-0.1, -0.05) is 35.9 Å². The lowest BCUT2D eigenvalue weighted by Crippen LogP contribution is -2.23. The lowest BCUT2D eigenvalue weighted by molar-refractivity contribution is 0.415. The van der Waals surface area contributed by atoms with Gasteiger partial charge in [0.25, 0.3) is 5.56 Å². The summed E-state index contributed by atoms with van der Waals surface area (Å²) in [6, 6.07) is 15.4. The van der Waals surface area contributed by atoms with Crippen LogP contribution in [-0.2, 0) is 6.54 Å². The zero-order chi connectivity index (χ0) is 18.0. The fourth-order valence-electron chi connectivity index (χ4n) is 3.07. The summed E-state index contributed by atoms with van der Waals surface area (Å²) >= 11 is 0. The highest BCUT2D eigenvalue weighted by molar-refractivity contribution is 5.99. The topological polar surface area (TPSA) is 55.0 Å². The molecule has 0 atom stereocenters. The number of methoxy groups -OCH3 is 1. The highest BCUT2D eigenvalue weighted by atomic mass is 16.5. The third-order valence-electron chi connectivity index (χ3n) is 4.20. The van der Waals surface area contributed by atoms with Crippen LogP contribution < -0.4 is 10.3 Å². The summed E-state index contributed by atoms with van der Waals surface area (Å²) in [7, 11) is 1.58. The first-order valence-corrected chi connectivity index (χ1v) is 7.93. The van der Waals surface area contributed by atoms with Gasteiger partial charge in [-0.05, 0) is 30.7 Å². The van der Waals surface area contributed by atoms with Gasteiger partial charge in [-0.25, -0.2) is 0 Å². The van der Waals surface area contributed by atoms with Crippen LogP contribution in [0.25, 0.3) is 21.9 Å². The highest BCUT2D eigenvalue weighted by Crippen LogP contribution is 2.33. The number of rotatable bonds is 4. The lowest BCUT2D eigenvalue weighted by atomic mass is 9.95. The van der Waals surface area contributed by atoms with E-state index in [9.17, 15) is 10.1 Å². The van der Waals surface area contributed by atoms with E-state index in [2.05, 4.69) is 12.6 Å². The van der Waals surface area contributed by atoms with Crippen molar-refractivity contribution in [1.82, 2.24) is 4.57 Å². The molecule has 0 radical (unpaired) electrons. The summed E-state index contributed by atoms with van der Waals surface area (Å²) in [6.45, 7) is 5.99. The molecule has 2 aromatic carbocycles. The number of hydrogen-bond acceptors (Lipinski definition) is 3. The number of benzene rings is 2. The monoisotopic (exact) mass is 330 g/mol. The standard InChI is InChI=1S/C21H18N2O2/c1-4-10-23-19(13-22)20(15-7-5-6-14(2)11-15)18-12-16(25-3)8-9-17(18)21(23)24/h4-9,11-12H,1,10H2,2-3H3. The molecule has 0 unspecified atom stereocenters. The number of ether oxygens (including phenoxy) is 1. The van der Waals surface area contributed by atoms with Crippen molar-refractivity contribution in [3.63, 3.8) is 0 Å². The lowest BCUT2D eigenvalue weighted by Gasteiger charge is -2.16. The molecule has 1 heterocycles. The van der Waals surface area contributed by atoms with Crippen LogP contribution in [0.1, 0.15) is 11.3 Å². The Morgan fingerprint density at radius 2 is 2.04 bits per heavy atom. The maximum Gasteiger partial charge on any atom is 0.259 e. The molecule has 4 heteroatoms. The van der Waals surface area contributed by atoms with Gasteiger partial charge in [-0.2, -0.15) is 5.26 Å². The minimum atomic E-state index is -0.203. The number of aromatic nitrogens is 1. The number of nitriles is 1. The summed E-state index contributed by atoms with van der Waals surface area (Å²) in [5.74, 6) is 0.645. The number of hydrogen-bond donors (Lipinski definition) is 0. The van der Waals surface area contributed by atoms with Crippen LogP contribution >= 0.6 is 0 Å². The normalized spacial score (nSPS) is 10.4. The van der Waals surface area contributed by atoms with E-state index in [1.165, 1.54) is 4.57 Å². The second-order valence-electron chi connectivity index (χ2n) is 5.82. The number of aryl methyl sites for hydroxylation is 1. The molecule has 0 aliphatic carbocycles. The van der Waals surface area contributed by atoms with Crippen molar-refractivity contribution < 1.29 is 4.74 Å². The van der Waals surface area contributed by atoms with Crippen molar-refractivity contribution in [2.45, 2.75) is 13.5 Å². The van der Waals surface area contributed by atoms with Crippen molar-refractivity contribution in [3.8, 4) is 22.9 Å². The van der Waals surface area contributed by atoms with Gasteiger partial charge in [0, 0.05) is 22.9 Å². The van der Waals surface area contributed by atoms with Gasteiger partial charge in [-0.15, -0.1) is 6.58 Å². The predicted octanol–water partition coefficient (Wildman–Crippen LogP) is 4.04. The van der Waals surface area contributed by atoms with Crippen LogP contribution in [0.3, 0.4) is 0 Å². The zero-order valence-electron chi connectivity index (χ0n) is 14.2. The van der Waals surface area contributed by atoms with E-state index in [1.807, 2.05) is 37.3 Å². The average molecular weight is 330 g/mol. The zero-order valence-corrected chi connectivity index (χ0v) is 14.2. The fourth-order valence-corrected chi connectivity index (χ4v) is 3.07. The van der Waals surface area contributed by atoms with Crippen LogP contribution in [0.15, 0.2) is 59.9 Å². The minimum Gasteiger partial charge on any atom is -0.497 e. The summed E-state index contributed by atoms with van der Waals surface area (Å²) in [5, 5.41) is 11.1. The van der Waals surface area contributed by atoms with Gasteiger partial charge >= 0.3 is 0 Å². The van der Waals surface area contributed by atoms with Crippen LogP contribution in [0.5, 0.6) is 5.75 Å². The van der Waals surface area contributed by atoms with E-state index in [1.54, 1.807) is 25.3 Å². The molecule has 124 valence electrons. The molecule has 1 aromatic heterocycles. The molecule has 4 nitrogen and oxygen atoms in total. The Balaban J connectivity index is 2.54. The van der Waals surface area contributed by atoms with E-state index in [-0.39, 0.29) is 12.1 Å². The van der Waals surface area contributed by atoms with Gasteiger partial charge in [-0.3, -0.25) is 9.36 Å². The molecule has 0 aliphatic heterocycles. The Kier molecular flexibility index (Phi) is 4.40. The van der Waals surface area contributed by atoms with E-state index < -0.39 is 0 Å². The van der Waals surface area contributed by atoms with Crippen LogP contribution in [0, 0.1) is 18.3 Å². The molecule has 0 saturated carbocycles. The van der Waals surface area contributed by atoms with Crippen molar-refractivity contribution in [3.05, 3.63) is 76.7 Å². The van der Waals surface area contributed by atoms with Gasteiger partial charge in [0.2, 0.25) is 0 Å². The molecule has 0 aliphatic rings. The van der Waals surface area contributed by atoms with Gasteiger partial charge in [0.1, 0.15) is 17.5 Å². The average Bonchev–Trinajstić information content (AvgIpc) is 2.63. The number of nitrogens with zero attached hydrogens (tertiary/aromatic N) is 2. The smallest absolute Gasteiger partial charge is 0.259 e. The number of allylic oxidation sites excluding steroid dienone is 1. The molecule has 0 fully saturated rings. The first-order chi connectivity index (χ1) is 12.1. The molecule has 25 heavy (non-hydrogen) atoms. The highest BCUT2D eigenvalue weighted by Gasteiger charge is 2.18. The Labute approximate surface area is 146 Å². The van der Waals surface area contributed by atoms with E-state index in [4.69, 9.17) is 4.74 Å². The maximum atomic E-state index is 12.9. The summed E-state index contributed by atoms with van der Waals surface area (Å²) in [4.78, 5) is 12.9. The Bertz CT molecular complexity index is 1070. The molecule has 0 saturated heterocycles. The molecule has 3 rings (SSSR count). The Hall–Kier alpha value is -3.32. The fraction of sp³-hybridized carbons (Fsp3) is 0.143.